The number of pyridine rings is 1. The van der Waals surface area contributed by atoms with Crippen LogP contribution in [0.5, 0.6) is 11.5 Å². The molecule has 2 aromatic heterocycles. The van der Waals surface area contributed by atoms with Gasteiger partial charge in [-0.2, -0.15) is 0 Å². The summed E-state index contributed by atoms with van der Waals surface area (Å²) in [6.07, 6.45) is 2.56. The van der Waals surface area contributed by atoms with Crippen LogP contribution < -0.4 is 25.6 Å². The average Bonchev–Trinajstić information content (AvgIpc) is 2.77. The summed E-state index contributed by atoms with van der Waals surface area (Å²) < 4.78 is 10.4. The Morgan fingerprint density at radius 3 is 2.53 bits per heavy atom. The first-order valence-electron chi connectivity index (χ1n) is 8.49. The van der Waals surface area contributed by atoms with Gasteiger partial charge in [0.15, 0.2) is 0 Å². The van der Waals surface area contributed by atoms with Crippen molar-refractivity contribution in [2.75, 3.05) is 25.0 Å². The van der Waals surface area contributed by atoms with Gasteiger partial charge in [0.25, 0.3) is 5.91 Å². The molecule has 3 N–H and O–H groups in total. The van der Waals surface area contributed by atoms with Gasteiger partial charge in [0.2, 0.25) is 11.6 Å². The summed E-state index contributed by atoms with van der Waals surface area (Å²) in [6.45, 7) is 0. The molecule has 30 heavy (non-hydrogen) atoms. The lowest BCUT2D eigenvalue weighted by atomic mass is 10.2. The zero-order chi connectivity index (χ0) is 21.5. The van der Waals surface area contributed by atoms with Crippen LogP contribution in [-0.4, -0.2) is 40.0 Å². The number of ether oxygens (including phenoxy) is 2. The van der Waals surface area contributed by atoms with Gasteiger partial charge < -0.3 is 14.8 Å². The van der Waals surface area contributed by atoms with Gasteiger partial charge in [0, 0.05) is 12.3 Å². The summed E-state index contributed by atoms with van der Waals surface area (Å²) in [5.41, 5.74) is 4.80. The van der Waals surface area contributed by atoms with Crippen molar-refractivity contribution in [3.8, 4) is 11.5 Å². The van der Waals surface area contributed by atoms with E-state index >= 15 is 0 Å². The molecule has 0 bridgehead atoms. The lowest BCUT2D eigenvalue weighted by Gasteiger charge is -2.13. The first kappa shape index (κ1) is 20.3. The Morgan fingerprint density at radius 1 is 1.07 bits per heavy atom. The molecule has 154 valence electrons. The van der Waals surface area contributed by atoms with Gasteiger partial charge in [-0.25, -0.2) is 9.97 Å². The Balaban J connectivity index is 1.88. The largest absolute Gasteiger partial charge is 0.497 e. The Hall–Kier alpha value is -4.48. The lowest BCUT2D eigenvalue weighted by Crippen LogP contribution is -2.31. The highest BCUT2D eigenvalue weighted by Crippen LogP contribution is 2.35. The van der Waals surface area contributed by atoms with Crippen molar-refractivity contribution in [2.45, 2.75) is 0 Å². The van der Waals surface area contributed by atoms with Gasteiger partial charge in [-0.05, 0) is 24.3 Å². The molecular formula is C18H17N7O5. The molecule has 12 nitrogen and oxygen atoms in total. The highest BCUT2D eigenvalue weighted by molar-refractivity contribution is 5.93. The van der Waals surface area contributed by atoms with Crippen molar-refractivity contribution >= 4 is 28.9 Å². The summed E-state index contributed by atoms with van der Waals surface area (Å²) in [6, 6.07) is 9.70. The van der Waals surface area contributed by atoms with Crippen molar-refractivity contribution in [3.63, 3.8) is 0 Å². The average molecular weight is 411 g/mol. The fourth-order valence-corrected chi connectivity index (χ4v) is 2.45. The third kappa shape index (κ3) is 4.49. The number of nitro groups is 1. The standard InChI is InChI=1S/C18H17N7O5/c1-29-11-6-7-14(30-2)13(9-11)22-16-15(25(27)28)17(21-10-20-16)23-24-18(26)12-5-3-4-8-19-12/h3-10H,1-2H3,(H,24,26)(H2,20,21,22,23). The SMILES string of the molecule is COc1ccc(OC)c(Nc2ncnc(NNC(=O)c3ccccn3)c2[N+](=O)[O-])c1. The number of hydrogen-bond acceptors (Lipinski definition) is 10. The molecule has 0 unspecified atom stereocenters. The predicted molar refractivity (Wildman–Crippen MR) is 107 cm³/mol. The molecule has 0 spiro atoms. The Kier molecular flexibility index (Phi) is 6.17. The molecule has 1 aromatic carbocycles. The van der Waals surface area contributed by atoms with E-state index in [0.29, 0.717) is 17.2 Å². The predicted octanol–water partition coefficient (Wildman–Crippen LogP) is 2.30. The second kappa shape index (κ2) is 9.14. The lowest BCUT2D eigenvalue weighted by molar-refractivity contribution is -0.383. The molecule has 0 aliphatic carbocycles. The molecule has 0 saturated carbocycles. The normalized spacial score (nSPS) is 10.1. The molecule has 0 atom stereocenters. The smallest absolute Gasteiger partial charge is 0.355 e. The van der Waals surface area contributed by atoms with Gasteiger partial charge in [0.05, 0.1) is 24.8 Å². The number of carbonyl (C=O) groups excluding carboxylic acids is 1. The van der Waals surface area contributed by atoms with Crippen LogP contribution in [0, 0.1) is 10.1 Å². The molecule has 12 heteroatoms. The van der Waals surface area contributed by atoms with Crippen LogP contribution in [-0.2, 0) is 0 Å². The Morgan fingerprint density at radius 2 is 1.87 bits per heavy atom. The van der Waals surface area contributed by atoms with Gasteiger partial charge in [0.1, 0.15) is 23.5 Å². The van der Waals surface area contributed by atoms with Crippen LogP contribution in [0.3, 0.4) is 0 Å². The zero-order valence-electron chi connectivity index (χ0n) is 15.9. The second-order valence-electron chi connectivity index (χ2n) is 5.66. The number of amides is 1. The molecule has 0 saturated heterocycles. The number of carbonyl (C=O) groups is 1. The number of methoxy groups -OCH3 is 2. The summed E-state index contributed by atoms with van der Waals surface area (Å²) in [5, 5.41) is 14.5. The summed E-state index contributed by atoms with van der Waals surface area (Å²) in [7, 11) is 2.95. The third-order valence-corrected chi connectivity index (χ3v) is 3.86. The van der Waals surface area contributed by atoms with Gasteiger partial charge in [-0.3, -0.25) is 30.7 Å². The number of hydrogen-bond donors (Lipinski definition) is 3. The molecular weight excluding hydrogens is 394 g/mol. The van der Waals surface area contributed by atoms with Crippen LogP contribution in [0.4, 0.5) is 23.0 Å². The van der Waals surface area contributed by atoms with Gasteiger partial charge in [-0.1, -0.05) is 6.07 Å². The first-order valence-corrected chi connectivity index (χ1v) is 8.49. The monoisotopic (exact) mass is 411 g/mol. The quantitative estimate of drug-likeness (QED) is 0.371. The van der Waals surface area contributed by atoms with E-state index in [0.717, 1.165) is 6.33 Å². The molecule has 2 heterocycles. The van der Waals surface area contributed by atoms with E-state index < -0.39 is 16.5 Å². The molecule has 0 fully saturated rings. The minimum atomic E-state index is -0.676. The van der Waals surface area contributed by atoms with Crippen molar-refractivity contribution in [1.29, 1.82) is 0 Å². The Labute approximate surface area is 170 Å². The van der Waals surface area contributed by atoms with E-state index in [1.165, 1.54) is 26.5 Å². The van der Waals surface area contributed by atoms with E-state index in [9.17, 15) is 14.9 Å². The maximum absolute atomic E-state index is 12.1. The topological polar surface area (TPSA) is 153 Å². The second-order valence-corrected chi connectivity index (χ2v) is 5.66. The minimum Gasteiger partial charge on any atom is -0.497 e. The molecule has 1 amide bonds. The van der Waals surface area contributed by atoms with E-state index in [1.807, 2.05) is 0 Å². The zero-order valence-corrected chi connectivity index (χ0v) is 15.9. The van der Waals surface area contributed by atoms with Gasteiger partial charge in [-0.15, -0.1) is 0 Å². The molecule has 0 aliphatic heterocycles. The summed E-state index contributed by atoms with van der Waals surface area (Å²) in [5.74, 6) is 0.00456. The fourth-order valence-electron chi connectivity index (χ4n) is 2.45. The van der Waals surface area contributed by atoms with E-state index in [2.05, 4.69) is 31.1 Å². The van der Waals surface area contributed by atoms with Crippen LogP contribution in [0.15, 0.2) is 48.9 Å². The van der Waals surface area contributed by atoms with Crippen LogP contribution in [0.1, 0.15) is 10.5 Å². The number of aromatic nitrogens is 3. The van der Waals surface area contributed by atoms with Crippen LogP contribution in [0.25, 0.3) is 0 Å². The summed E-state index contributed by atoms with van der Waals surface area (Å²) >= 11 is 0. The van der Waals surface area contributed by atoms with Crippen LogP contribution in [0.2, 0.25) is 0 Å². The van der Waals surface area contributed by atoms with E-state index in [4.69, 9.17) is 9.47 Å². The number of hydrazine groups is 1. The number of nitrogens with zero attached hydrogens (tertiary/aromatic N) is 4. The maximum atomic E-state index is 12.1. The van der Waals surface area contributed by atoms with Crippen molar-refractivity contribution in [2.24, 2.45) is 0 Å². The van der Waals surface area contributed by atoms with Gasteiger partial charge >= 0.3 is 5.69 Å². The first-order chi connectivity index (χ1) is 14.5. The van der Waals surface area contributed by atoms with Crippen molar-refractivity contribution in [3.05, 3.63) is 64.7 Å². The molecule has 0 aliphatic rings. The Bertz CT molecular complexity index is 1060. The number of benzene rings is 1. The van der Waals surface area contributed by atoms with Crippen molar-refractivity contribution in [1.82, 2.24) is 20.4 Å². The fraction of sp³-hybridized carbons (Fsp3) is 0.111. The number of anilines is 3. The van der Waals surface area contributed by atoms with E-state index in [-0.39, 0.29) is 17.3 Å². The maximum Gasteiger partial charge on any atom is 0.355 e. The molecule has 3 rings (SSSR count). The number of rotatable bonds is 8. The number of nitrogens with one attached hydrogen (secondary N) is 3. The van der Waals surface area contributed by atoms with Crippen LogP contribution >= 0.6 is 0 Å². The molecule has 0 radical (unpaired) electrons. The third-order valence-electron chi connectivity index (χ3n) is 3.86. The summed E-state index contributed by atoms with van der Waals surface area (Å²) in [4.78, 5) is 34.8. The van der Waals surface area contributed by atoms with Crippen molar-refractivity contribution < 1.29 is 19.2 Å². The highest BCUT2D eigenvalue weighted by Gasteiger charge is 2.24. The molecule has 3 aromatic rings. The highest BCUT2D eigenvalue weighted by atomic mass is 16.6. The minimum absolute atomic E-state index is 0.115. The van der Waals surface area contributed by atoms with E-state index in [1.54, 1.807) is 30.3 Å².